The Hall–Kier alpha value is -0.100. The van der Waals surface area contributed by atoms with Gasteiger partial charge in [-0.2, -0.15) is 8.75 Å². The molecule has 62 valence electrons. The number of rotatable bonds is 2. The summed E-state index contributed by atoms with van der Waals surface area (Å²) < 4.78 is 9.12. The molecule has 0 aliphatic carbocycles. The van der Waals surface area contributed by atoms with Crippen LogP contribution in [0.1, 0.15) is 0 Å². The molecular weight excluding hydrogens is 232 g/mol. The molecule has 12 heavy (non-hydrogen) atoms. The molecule has 2 aromatic heterocycles. The fourth-order valence-corrected chi connectivity index (χ4v) is 3.13. The number of aromatic nitrogens is 2. The first-order chi connectivity index (χ1) is 5.86. The Balaban J connectivity index is 2.20. The van der Waals surface area contributed by atoms with Gasteiger partial charge in [-0.3, -0.25) is 0 Å². The topological polar surface area (TPSA) is 25.8 Å². The first-order valence-electron chi connectivity index (χ1n) is 3.05. The molecule has 0 fully saturated rings. The second kappa shape index (κ2) is 3.74. The van der Waals surface area contributed by atoms with Crippen molar-refractivity contribution in [3.63, 3.8) is 0 Å². The smallest absolute Gasteiger partial charge is 0.164 e. The van der Waals surface area contributed by atoms with Crippen molar-refractivity contribution in [2.24, 2.45) is 0 Å². The van der Waals surface area contributed by atoms with Gasteiger partial charge in [-0.1, -0.05) is 29.4 Å². The lowest BCUT2D eigenvalue weighted by molar-refractivity contribution is 1.26. The van der Waals surface area contributed by atoms with Gasteiger partial charge >= 0.3 is 0 Å². The Bertz CT molecular complexity index is 357. The van der Waals surface area contributed by atoms with Crippen LogP contribution >= 0.6 is 46.4 Å². The lowest BCUT2D eigenvalue weighted by Crippen LogP contribution is -1.67. The number of halogens is 1. The van der Waals surface area contributed by atoms with E-state index >= 15 is 0 Å². The molecule has 0 saturated heterocycles. The first kappa shape index (κ1) is 8.50. The van der Waals surface area contributed by atoms with E-state index in [1.165, 1.54) is 4.21 Å². The quantitative estimate of drug-likeness (QED) is 0.797. The predicted molar refractivity (Wildman–Crippen MR) is 53.4 cm³/mol. The van der Waals surface area contributed by atoms with Crippen LogP contribution in [-0.4, -0.2) is 8.75 Å². The van der Waals surface area contributed by atoms with E-state index in [1.807, 2.05) is 17.5 Å². The maximum atomic E-state index is 5.78. The van der Waals surface area contributed by atoms with Gasteiger partial charge in [0.25, 0.3) is 0 Å². The van der Waals surface area contributed by atoms with Gasteiger partial charge < -0.3 is 0 Å². The highest BCUT2D eigenvalue weighted by Gasteiger charge is 2.07. The molecule has 0 aromatic carbocycles. The zero-order valence-electron chi connectivity index (χ0n) is 5.73. The highest BCUT2D eigenvalue weighted by atomic mass is 35.5. The van der Waals surface area contributed by atoms with Gasteiger partial charge in [0.15, 0.2) is 10.2 Å². The second-order valence-electron chi connectivity index (χ2n) is 1.89. The van der Waals surface area contributed by atoms with Crippen LogP contribution in [0.5, 0.6) is 0 Å². The molecule has 2 nitrogen and oxygen atoms in total. The predicted octanol–water partition coefficient (Wildman–Crippen LogP) is 3.40. The molecule has 0 spiro atoms. The number of nitrogens with zero attached hydrogens (tertiary/aromatic N) is 2. The van der Waals surface area contributed by atoms with Crippen molar-refractivity contribution >= 4 is 46.4 Å². The molecule has 0 radical (unpaired) electrons. The van der Waals surface area contributed by atoms with Crippen LogP contribution < -0.4 is 0 Å². The molecule has 0 N–H and O–H groups in total. The third kappa shape index (κ3) is 1.80. The van der Waals surface area contributed by atoms with Crippen molar-refractivity contribution in [3.8, 4) is 0 Å². The number of thiophene rings is 1. The lowest BCUT2D eigenvalue weighted by Gasteiger charge is -1.89. The minimum Gasteiger partial charge on any atom is -0.164 e. The Morgan fingerprint density at radius 1 is 1.42 bits per heavy atom. The van der Waals surface area contributed by atoms with E-state index in [2.05, 4.69) is 8.75 Å². The van der Waals surface area contributed by atoms with Gasteiger partial charge in [0.1, 0.15) is 0 Å². The molecule has 0 atom stereocenters. The van der Waals surface area contributed by atoms with E-state index in [9.17, 15) is 0 Å². The number of hydrogen-bond donors (Lipinski definition) is 0. The molecule has 0 amide bonds. The van der Waals surface area contributed by atoms with Crippen LogP contribution in [0.4, 0.5) is 0 Å². The average Bonchev–Trinajstić information content (AvgIpc) is 2.65. The zero-order chi connectivity index (χ0) is 8.39. The Kier molecular flexibility index (Phi) is 2.65. The van der Waals surface area contributed by atoms with E-state index in [0.29, 0.717) is 5.15 Å². The van der Waals surface area contributed by atoms with Crippen molar-refractivity contribution in [2.75, 3.05) is 0 Å². The Labute approximate surface area is 86.9 Å². The summed E-state index contributed by atoms with van der Waals surface area (Å²) in [6, 6.07) is 4.03. The third-order valence-corrected chi connectivity index (χ3v) is 4.25. The summed E-state index contributed by atoms with van der Waals surface area (Å²) in [6.07, 6.45) is 0. The van der Waals surface area contributed by atoms with E-state index in [1.54, 1.807) is 23.1 Å². The van der Waals surface area contributed by atoms with Crippen LogP contribution in [0.3, 0.4) is 0 Å². The summed E-state index contributed by atoms with van der Waals surface area (Å²) in [5.41, 5.74) is 0. The molecular formula is C6H3ClN2S3. The van der Waals surface area contributed by atoms with Gasteiger partial charge in [-0.05, 0) is 11.4 Å². The standard InChI is InChI=1S/C6H3ClN2S3/c7-5-6(9-12-8-5)11-4-2-1-3-10-4/h1-3H. The van der Waals surface area contributed by atoms with Crippen LogP contribution in [-0.2, 0) is 0 Å². The van der Waals surface area contributed by atoms with Crippen LogP contribution in [0.15, 0.2) is 26.7 Å². The van der Waals surface area contributed by atoms with Gasteiger partial charge in [-0.25, -0.2) is 0 Å². The van der Waals surface area contributed by atoms with E-state index in [4.69, 9.17) is 11.6 Å². The fourth-order valence-electron chi connectivity index (χ4n) is 0.648. The van der Waals surface area contributed by atoms with E-state index in [0.717, 1.165) is 16.8 Å². The van der Waals surface area contributed by atoms with Crippen LogP contribution in [0, 0.1) is 0 Å². The summed E-state index contributed by atoms with van der Waals surface area (Å²) in [4.78, 5) is 0. The minimum absolute atomic E-state index is 0.499. The van der Waals surface area contributed by atoms with Gasteiger partial charge in [-0.15, -0.1) is 11.3 Å². The molecule has 0 aliphatic heterocycles. The summed E-state index contributed by atoms with van der Waals surface area (Å²) in [6.45, 7) is 0. The summed E-state index contributed by atoms with van der Waals surface area (Å²) in [5.74, 6) is 0. The average molecular weight is 235 g/mol. The molecule has 0 saturated carbocycles. The highest BCUT2D eigenvalue weighted by molar-refractivity contribution is 8.01. The van der Waals surface area contributed by atoms with Crippen molar-refractivity contribution < 1.29 is 0 Å². The van der Waals surface area contributed by atoms with Crippen molar-refractivity contribution in [1.82, 2.24) is 8.75 Å². The normalized spacial score (nSPS) is 10.4. The molecule has 6 heteroatoms. The summed E-state index contributed by atoms with van der Waals surface area (Å²) in [7, 11) is 0. The maximum absolute atomic E-state index is 5.78. The monoisotopic (exact) mass is 234 g/mol. The minimum atomic E-state index is 0.499. The maximum Gasteiger partial charge on any atom is 0.177 e. The highest BCUT2D eigenvalue weighted by Crippen LogP contribution is 2.33. The molecule has 2 rings (SSSR count). The van der Waals surface area contributed by atoms with Crippen molar-refractivity contribution in [2.45, 2.75) is 9.24 Å². The van der Waals surface area contributed by atoms with Gasteiger partial charge in [0, 0.05) is 0 Å². The SMILES string of the molecule is Clc1nsnc1Sc1cccs1. The van der Waals surface area contributed by atoms with E-state index < -0.39 is 0 Å². The van der Waals surface area contributed by atoms with Crippen molar-refractivity contribution in [1.29, 1.82) is 0 Å². The molecule has 0 aliphatic rings. The largest absolute Gasteiger partial charge is 0.177 e. The molecule has 2 aromatic rings. The first-order valence-corrected chi connectivity index (χ1v) is 5.86. The molecule has 2 heterocycles. The zero-order valence-corrected chi connectivity index (χ0v) is 8.93. The molecule has 0 unspecified atom stereocenters. The fraction of sp³-hybridized carbons (Fsp3) is 0. The van der Waals surface area contributed by atoms with Crippen LogP contribution in [0.25, 0.3) is 0 Å². The number of hydrogen-bond acceptors (Lipinski definition) is 5. The van der Waals surface area contributed by atoms with Gasteiger partial charge in [0.05, 0.1) is 15.9 Å². The van der Waals surface area contributed by atoms with Crippen molar-refractivity contribution in [3.05, 3.63) is 22.7 Å². The van der Waals surface area contributed by atoms with Crippen LogP contribution in [0.2, 0.25) is 5.15 Å². The lowest BCUT2D eigenvalue weighted by atomic mass is 10.7. The second-order valence-corrected chi connectivity index (χ2v) is 5.02. The Morgan fingerprint density at radius 2 is 2.33 bits per heavy atom. The summed E-state index contributed by atoms with van der Waals surface area (Å²) >= 11 is 10.1. The third-order valence-electron chi connectivity index (χ3n) is 1.11. The van der Waals surface area contributed by atoms with E-state index in [-0.39, 0.29) is 0 Å². The van der Waals surface area contributed by atoms with Gasteiger partial charge in [0.2, 0.25) is 0 Å². The Morgan fingerprint density at radius 3 is 2.92 bits per heavy atom. The molecule has 0 bridgehead atoms. The summed E-state index contributed by atoms with van der Waals surface area (Å²) in [5, 5.41) is 3.32.